The largest absolute Gasteiger partial charge is 0.461 e. The van der Waals surface area contributed by atoms with Crippen LogP contribution in [0.3, 0.4) is 0 Å². The van der Waals surface area contributed by atoms with Crippen LogP contribution in [0.2, 0.25) is 0 Å². The number of esters is 1. The molecule has 0 spiro atoms. The van der Waals surface area contributed by atoms with Gasteiger partial charge in [-0.3, -0.25) is 9.58 Å². The molecule has 29 heavy (non-hydrogen) atoms. The molecule has 0 amide bonds. The first-order valence-corrected chi connectivity index (χ1v) is 10.5. The molecule has 0 atom stereocenters. The SMILES string of the molecule is CCOC(=O)c1nn(CC(C)C)c2c1CN(Cc1cn(C)c3ccccc13)CC2. The standard InChI is InChI=1S/C23H30N4O2/c1-5-29-23(28)22-19-15-26(11-10-21(19)27(24-22)12-16(2)3)14-17-13-25(4)20-9-7-6-8-18(17)20/h6-9,13,16H,5,10-12,14-15H2,1-4H3. The van der Waals surface area contributed by atoms with E-state index in [9.17, 15) is 4.79 Å². The maximum atomic E-state index is 12.5. The number of para-hydroxylation sites is 1. The number of ether oxygens (including phenoxy) is 1. The monoisotopic (exact) mass is 394 g/mol. The first-order chi connectivity index (χ1) is 14.0. The number of hydrogen-bond donors (Lipinski definition) is 0. The molecule has 0 aliphatic carbocycles. The average molecular weight is 395 g/mol. The van der Waals surface area contributed by atoms with E-state index < -0.39 is 0 Å². The van der Waals surface area contributed by atoms with Gasteiger partial charge in [-0.1, -0.05) is 32.0 Å². The van der Waals surface area contributed by atoms with Crippen LogP contribution >= 0.6 is 0 Å². The van der Waals surface area contributed by atoms with Gasteiger partial charge >= 0.3 is 5.97 Å². The smallest absolute Gasteiger partial charge is 0.359 e. The first kappa shape index (κ1) is 19.7. The number of nitrogens with zero attached hydrogens (tertiary/aromatic N) is 4. The van der Waals surface area contributed by atoms with Gasteiger partial charge in [-0.2, -0.15) is 5.10 Å². The van der Waals surface area contributed by atoms with Crippen LogP contribution in [0.25, 0.3) is 10.9 Å². The van der Waals surface area contributed by atoms with Gasteiger partial charge in [0.1, 0.15) is 0 Å². The maximum absolute atomic E-state index is 12.5. The molecule has 1 aliphatic heterocycles. The quantitative estimate of drug-likeness (QED) is 0.597. The lowest BCUT2D eigenvalue weighted by Gasteiger charge is -2.27. The van der Waals surface area contributed by atoms with E-state index in [2.05, 4.69) is 65.9 Å². The number of carbonyl (C=O) groups is 1. The minimum Gasteiger partial charge on any atom is -0.461 e. The Morgan fingerprint density at radius 3 is 2.83 bits per heavy atom. The van der Waals surface area contributed by atoms with Crippen LogP contribution in [0.4, 0.5) is 0 Å². The molecule has 6 heteroatoms. The van der Waals surface area contributed by atoms with Crippen molar-refractivity contribution in [1.29, 1.82) is 0 Å². The van der Waals surface area contributed by atoms with E-state index in [1.165, 1.54) is 22.2 Å². The summed E-state index contributed by atoms with van der Waals surface area (Å²) in [6.45, 7) is 9.92. The summed E-state index contributed by atoms with van der Waals surface area (Å²) in [5.41, 5.74) is 5.28. The van der Waals surface area contributed by atoms with Crippen LogP contribution in [0.15, 0.2) is 30.5 Å². The molecule has 3 heterocycles. The van der Waals surface area contributed by atoms with Gasteiger partial charge in [0.25, 0.3) is 0 Å². The van der Waals surface area contributed by atoms with Crippen molar-refractivity contribution in [2.24, 2.45) is 13.0 Å². The highest BCUT2D eigenvalue weighted by atomic mass is 16.5. The fraction of sp³-hybridized carbons (Fsp3) is 0.478. The second-order valence-corrected chi connectivity index (χ2v) is 8.31. The predicted molar refractivity (Wildman–Crippen MR) is 114 cm³/mol. The van der Waals surface area contributed by atoms with E-state index in [1.807, 2.05) is 11.6 Å². The number of aryl methyl sites for hydroxylation is 1. The lowest BCUT2D eigenvalue weighted by atomic mass is 10.0. The molecule has 0 saturated carbocycles. The number of aromatic nitrogens is 3. The zero-order valence-corrected chi connectivity index (χ0v) is 17.8. The Morgan fingerprint density at radius 2 is 2.07 bits per heavy atom. The summed E-state index contributed by atoms with van der Waals surface area (Å²) < 4.78 is 9.50. The van der Waals surface area contributed by atoms with Gasteiger partial charge in [0.15, 0.2) is 5.69 Å². The molecule has 0 bridgehead atoms. The minimum absolute atomic E-state index is 0.307. The fourth-order valence-corrected chi connectivity index (χ4v) is 4.33. The van der Waals surface area contributed by atoms with E-state index in [-0.39, 0.29) is 5.97 Å². The molecule has 0 unspecified atom stereocenters. The number of rotatable bonds is 6. The van der Waals surface area contributed by atoms with E-state index >= 15 is 0 Å². The Morgan fingerprint density at radius 1 is 1.28 bits per heavy atom. The van der Waals surface area contributed by atoms with Gasteiger partial charge in [0.05, 0.1) is 6.61 Å². The van der Waals surface area contributed by atoms with Crippen molar-refractivity contribution in [2.75, 3.05) is 13.2 Å². The van der Waals surface area contributed by atoms with Crippen LogP contribution in [0.5, 0.6) is 0 Å². The van der Waals surface area contributed by atoms with Crippen LogP contribution < -0.4 is 0 Å². The highest BCUT2D eigenvalue weighted by Gasteiger charge is 2.29. The normalized spacial score (nSPS) is 14.5. The topological polar surface area (TPSA) is 52.3 Å². The van der Waals surface area contributed by atoms with E-state index in [4.69, 9.17) is 4.74 Å². The third-order valence-corrected chi connectivity index (χ3v) is 5.59. The molecule has 0 fully saturated rings. The third kappa shape index (κ3) is 3.81. The lowest BCUT2D eigenvalue weighted by Crippen LogP contribution is -2.31. The molecular formula is C23H30N4O2. The number of benzene rings is 1. The second-order valence-electron chi connectivity index (χ2n) is 8.31. The Bertz CT molecular complexity index is 1030. The van der Waals surface area contributed by atoms with Crippen LogP contribution in [-0.4, -0.2) is 38.4 Å². The average Bonchev–Trinajstić information content (AvgIpc) is 3.20. The predicted octanol–water partition coefficient (Wildman–Crippen LogP) is 3.77. The summed E-state index contributed by atoms with van der Waals surface area (Å²) in [4.78, 5) is 14.9. The minimum atomic E-state index is -0.307. The van der Waals surface area contributed by atoms with Gasteiger partial charge in [-0.25, -0.2) is 4.79 Å². The Balaban J connectivity index is 1.63. The molecule has 1 aromatic carbocycles. The highest BCUT2D eigenvalue weighted by molar-refractivity contribution is 5.89. The van der Waals surface area contributed by atoms with Gasteiger partial charge in [-0.05, 0) is 24.5 Å². The van der Waals surface area contributed by atoms with Crippen molar-refractivity contribution in [2.45, 2.75) is 46.8 Å². The van der Waals surface area contributed by atoms with Gasteiger partial charge in [-0.15, -0.1) is 0 Å². The summed E-state index contributed by atoms with van der Waals surface area (Å²) in [5.74, 6) is 0.168. The molecule has 3 aromatic rings. The van der Waals surface area contributed by atoms with Crippen molar-refractivity contribution < 1.29 is 9.53 Å². The molecule has 0 radical (unpaired) electrons. The zero-order valence-electron chi connectivity index (χ0n) is 17.8. The summed E-state index contributed by atoms with van der Waals surface area (Å²) in [6, 6.07) is 8.51. The second kappa shape index (κ2) is 8.03. The number of hydrogen-bond acceptors (Lipinski definition) is 4. The molecule has 4 rings (SSSR count). The zero-order chi connectivity index (χ0) is 20.5. The Labute approximate surface area is 172 Å². The molecule has 0 N–H and O–H groups in total. The molecule has 1 aliphatic rings. The van der Waals surface area contributed by atoms with E-state index in [0.717, 1.165) is 38.2 Å². The Kier molecular flexibility index (Phi) is 5.46. The summed E-state index contributed by atoms with van der Waals surface area (Å²) in [5, 5.41) is 5.95. The van der Waals surface area contributed by atoms with Gasteiger partial charge in [0.2, 0.25) is 0 Å². The first-order valence-electron chi connectivity index (χ1n) is 10.5. The summed E-state index contributed by atoms with van der Waals surface area (Å²) >= 11 is 0. The van der Waals surface area contributed by atoms with Crippen molar-refractivity contribution in [1.82, 2.24) is 19.2 Å². The fourth-order valence-electron chi connectivity index (χ4n) is 4.33. The van der Waals surface area contributed by atoms with Gasteiger partial charge in [0, 0.05) is 68.0 Å². The van der Waals surface area contributed by atoms with E-state index in [0.29, 0.717) is 18.2 Å². The summed E-state index contributed by atoms with van der Waals surface area (Å²) in [7, 11) is 2.09. The van der Waals surface area contributed by atoms with Crippen molar-refractivity contribution in [3.63, 3.8) is 0 Å². The molecule has 154 valence electrons. The number of fused-ring (bicyclic) bond motifs is 2. The van der Waals surface area contributed by atoms with Crippen molar-refractivity contribution >= 4 is 16.9 Å². The van der Waals surface area contributed by atoms with Crippen LogP contribution in [-0.2, 0) is 37.8 Å². The third-order valence-electron chi connectivity index (χ3n) is 5.59. The lowest BCUT2D eigenvalue weighted by molar-refractivity contribution is 0.0515. The maximum Gasteiger partial charge on any atom is 0.359 e. The molecule has 6 nitrogen and oxygen atoms in total. The van der Waals surface area contributed by atoms with Crippen molar-refractivity contribution in [3.8, 4) is 0 Å². The molecular weight excluding hydrogens is 364 g/mol. The molecule has 0 saturated heterocycles. The summed E-state index contributed by atoms with van der Waals surface area (Å²) in [6.07, 6.45) is 3.12. The number of carbonyl (C=O) groups excluding carboxylic acids is 1. The van der Waals surface area contributed by atoms with Gasteiger partial charge < -0.3 is 9.30 Å². The molecule has 2 aromatic heterocycles. The van der Waals surface area contributed by atoms with E-state index in [1.54, 1.807) is 0 Å². The van der Waals surface area contributed by atoms with Crippen LogP contribution in [0.1, 0.15) is 48.1 Å². The highest BCUT2D eigenvalue weighted by Crippen LogP contribution is 2.28. The van der Waals surface area contributed by atoms with Crippen LogP contribution in [0, 0.1) is 5.92 Å². The van der Waals surface area contributed by atoms with Crippen molar-refractivity contribution in [3.05, 3.63) is 53.0 Å². The Hall–Kier alpha value is -2.60.